The Morgan fingerprint density at radius 3 is 2.95 bits per heavy atom. The molecule has 1 aliphatic heterocycles. The van der Waals surface area contributed by atoms with Crippen LogP contribution >= 0.6 is 11.6 Å². The average molecular weight is 299 g/mol. The topological polar surface area (TPSA) is 64.8 Å². The Morgan fingerprint density at radius 1 is 1.60 bits per heavy atom. The molecule has 2 N–H and O–H groups in total. The molecule has 1 aromatic carbocycles. The van der Waals surface area contributed by atoms with Crippen LogP contribution in [0, 0.1) is 5.92 Å². The maximum atomic E-state index is 12.5. The Bertz CT molecular complexity index is 501. The highest BCUT2D eigenvalue weighted by Gasteiger charge is 2.23. The second kappa shape index (κ2) is 6.33. The predicted molar refractivity (Wildman–Crippen MR) is 78.3 cm³/mol. The number of nitrogens with zero attached hydrogens (tertiary/aromatic N) is 1. The number of nitrogens with two attached hydrogens (primary N) is 1. The van der Waals surface area contributed by atoms with Crippen LogP contribution in [0.1, 0.15) is 16.8 Å². The van der Waals surface area contributed by atoms with Crippen LogP contribution in [-0.2, 0) is 4.74 Å². The number of hydrogen-bond donors (Lipinski definition) is 1. The van der Waals surface area contributed by atoms with Gasteiger partial charge in [0.05, 0.1) is 30.0 Å². The number of methoxy groups -OCH3 is 1. The molecule has 6 heteroatoms. The highest BCUT2D eigenvalue weighted by atomic mass is 35.5. The zero-order chi connectivity index (χ0) is 14.7. The van der Waals surface area contributed by atoms with Crippen molar-refractivity contribution in [2.24, 2.45) is 5.92 Å². The molecule has 1 heterocycles. The van der Waals surface area contributed by atoms with Crippen LogP contribution < -0.4 is 10.5 Å². The number of nitrogen functional groups attached to an aromatic ring is 1. The van der Waals surface area contributed by atoms with E-state index >= 15 is 0 Å². The second-order valence-corrected chi connectivity index (χ2v) is 5.40. The van der Waals surface area contributed by atoms with E-state index in [-0.39, 0.29) is 5.91 Å². The summed E-state index contributed by atoms with van der Waals surface area (Å²) >= 11 is 5.99. The van der Waals surface area contributed by atoms with Gasteiger partial charge in [0.1, 0.15) is 5.75 Å². The van der Waals surface area contributed by atoms with Crippen molar-refractivity contribution in [2.45, 2.75) is 6.42 Å². The maximum absolute atomic E-state index is 12.5. The summed E-state index contributed by atoms with van der Waals surface area (Å²) in [4.78, 5) is 14.2. The van der Waals surface area contributed by atoms with Gasteiger partial charge in [-0.3, -0.25) is 4.79 Å². The molecule has 1 amide bonds. The van der Waals surface area contributed by atoms with E-state index in [9.17, 15) is 4.79 Å². The van der Waals surface area contributed by atoms with Crippen LogP contribution in [-0.4, -0.2) is 44.7 Å². The lowest BCUT2D eigenvalue weighted by Gasteiger charge is -2.21. The van der Waals surface area contributed by atoms with Gasteiger partial charge in [-0.05, 0) is 12.5 Å². The SMILES string of the molecule is COc1cc(N)c(Cl)cc1C(=O)N(C)CC1CCOC1. The van der Waals surface area contributed by atoms with E-state index in [2.05, 4.69) is 0 Å². The summed E-state index contributed by atoms with van der Waals surface area (Å²) in [5.74, 6) is 0.696. The fourth-order valence-electron chi connectivity index (χ4n) is 2.31. The number of carbonyl (C=O) groups excluding carboxylic acids is 1. The molecular formula is C14H19ClN2O3. The van der Waals surface area contributed by atoms with Gasteiger partial charge in [0.25, 0.3) is 5.91 Å². The number of ether oxygens (including phenoxy) is 2. The molecule has 2 rings (SSSR count). The predicted octanol–water partition coefficient (Wildman–Crippen LogP) is 2.04. The van der Waals surface area contributed by atoms with Crippen molar-refractivity contribution in [2.75, 3.05) is 39.6 Å². The minimum Gasteiger partial charge on any atom is -0.496 e. The molecule has 0 radical (unpaired) electrons. The van der Waals surface area contributed by atoms with E-state index in [4.69, 9.17) is 26.8 Å². The minimum absolute atomic E-state index is 0.129. The molecule has 1 unspecified atom stereocenters. The van der Waals surface area contributed by atoms with Gasteiger partial charge in [0, 0.05) is 32.2 Å². The molecule has 110 valence electrons. The Labute approximate surface area is 123 Å². The van der Waals surface area contributed by atoms with Crippen LogP contribution in [0.15, 0.2) is 12.1 Å². The Hall–Kier alpha value is -1.46. The van der Waals surface area contributed by atoms with Gasteiger partial charge in [0.15, 0.2) is 0 Å². The van der Waals surface area contributed by atoms with Crippen LogP contribution in [0.3, 0.4) is 0 Å². The van der Waals surface area contributed by atoms with Crippen LogP contribution in [0.25, 0.3) is 0 Å². The summed E-state index contributed by atoms with van der Waals surface area (Å²) in [5, 5.41) is 0.353. The van der Waals surface area contributed by atoms with E-state index in [1.165, 1.54) is 7.11 Å². The lowest BCUT2D eigenvalue weighted by molar-refractivity contribution is 0.0763. The summed E-state index contributed by atoms with van der Waals surface area (Å²) in [7, 11) is 3.27. The van der Waals surface area contributed by atoms with Crippen molar-refractivity contribution in [1.29, 1.82) is 0 Å². The molecule has 5 nitrogen and oxygen atoms in total. The highest BCUT2D eigenvalue weighted by molar-refractivity contribution is 6.33. The van der Waals surface area contributed by atoms with Crippen LogP contribution in [0.2, 0.25) is 5.02 Å². The largest absolute Gasteiger partial charge is 0.496 e. The van der Waals surface area contributed by atoms with Gasteiger partial charge >= 0.3 is 0 Å². The van der Waals surface area contributed by atoms with E-state index < -0.39 is 0 Å². The summed E-state index contributed by atoms with van der Waals surface area (Å²) in [6.45, 7) is 2.13. The van der Waals surface area contributed by atoms with Crippen molar-refractivity contribution in [1.82, 2.24) is 4.90 Å². The van der Waals surface area contributed by atoms with Crippen LogP contribution in [0.4, 0.5) is 5.69 Å². The molecule has 0 bridgehead atoms. The fraction of sp³-hybridized carbons (Fsp3) is 0.500. The number of carbonyl (C=O) groups is 1. The minimum atomic E-state index is -0.129. The maximum Gasteiger partial charge on any atom is 0.257 e. The standard InChI is InChI=1S/C14H19ClN2O3/c1-17(7-9-3-4-20-8-9)14(18)10-5-11(15)12(16)6-13(10)19-2/h5-6,9H,3-4,7-8,16H2,1-2H3. The zero-order valence-electron chi connectivity index (χ0n) is 11.7. The Kier molecular flexibility index (Phi) is 4.73. The first-order valence-corrected chi connectivity index (χ1v) is 6.87. The van der Waals surface area contributed by atoms with E-state index in [1.54, 1.807) is 24.1 Å². The number of benzene rings is 1. The van der Waals surface area contributed by atoms with Gasteiger partial charge in [0.2, 0.25) is 0 Å². The van der Waals surface area contributed by atoms with Gasteiger partial charge in [-0.25, -0.2) is 0 Å². The molecule has 1 saturated heterocycles. The van der Waals surface area contributed by atoms with Crippen molar-refractivity contribution < 1.29 is 14.3 Å². The lowest BCUT2D eigenvalue weighted by Crippen LogP contribution is -2.32. The van der Waals surface area contributed by atoms with Crippen molar-refractivity contribution >= 4 is 23.2 Å². The fourth-order valence-corrected chi connectivity index (χ4v) is 2.47. The molecular weight excluding hydrogens is 280 g/mol. The first kappa shape index (κ1) is 14.9. The summed E-state index contributed by atoms with van der Waals surface area (Å²) < 4.78 is 10.5. The Balaban J connectivity index is 2.16. The normalized spacial score (nSPS) is 18.1. The number of amides is 1. The highest BCUT2D eigenvalue weighted by Crippen LogP contribution is 2.29. The monoisotopic (exact) mass is 298 g/mol. The third-order valence-electron chi connectivity index (χ3n) is 3.45. The van der Waals surface area contributed by atoms with Gasteiger partial charge in [-0.15, -0.1) is 0 Å². The van der Waals surface area contributed by atoms with Crippen molar-refractivity contribution in [3.63, 3.8) is 0 Å². The van der Waals surface area contributed by atoms with E-state index in [0.717, 1.165) is 13.0 Å². The number of hydrogen-bond acceptors (Lipinski definition) is 4. The number of halogens is 1. The first-order valence-electron chi connectivity index (χ1n) is 6.49. The molecule has 0 aromatic heterocycles. The smallest absolute Gasteiger partial charge is 0.257 e. The third kappa shape index (κ3) is 3.16. The van der Waals surface area contributed by atoms with Gasteiger partial charge < -0.3 is 20.1 Å². The quantitative estimate of drug-likeness (QED) is 0.864. The second-order valence-electron chi connectivity index (χ2n) is 4.99. The molecule has 1 aliphatic rings. The number of rotatable bonds is 4. The molecule has 0 aliphatic carbocycles. The summed E-state index contributed by atoms with van der Waals surface area (Å²) in [6, 6.07) is 3.13. The number of anilines is 1. The van der Waals surface area contributed by atoms with Crippen molar-refractivity contribution in [3.8, 4) is 5.75 Å². The average Bonchev–Trinajstić information content (AvgIpc) is 2.93. The summed E-state index contributed by atoms with van der Waals surface area (Å²) in [6.07, 6.45) is 0.983. The van der Waals surface area contributed by atoms with E-state index in [1.807, 2.05) is 0 Å². The van der Waals surface area contributed by atoms with Crippen molar-refractivity contribution in [3.05, 3.63) is 22.7 Å². The third-order valence-corrected chi connectivity index (χ3v) is 3.78. The molecule has 1 atom stereocenters. The Morgan fingerprint density at radius 2 is 2.35 bits per heavy atom. The van der Waals surface area contributed by atoms with E-state index in [0.29, 0.717) is 41.1 Å². The first-order chi connectivity index (χ1) is 9.52. The van der Waals surface area contributed by atoms with Gasteiger partial charge in [-0.2, -0.15) is 0 Å². The van der Waals surface area contributed by atoms with Gasteiger partial charge in [-0.1, -0.05) is 11.6 Å². The zero-order valence-corrected chi connectivity index (χ0v) is 12.4. The molecule has 0 saturated carbocycles. The van der Waals surface area contributed by atoms with Crippen LogP contribution in [0.5, 0.6) is 5.75 Å². The molecule has 20 heavy (non-hydrogen) atoms. The summed E-state index contributed by atoms with van der Waals surface area (Å²) in [5.41, 5.74) is 6.54. The lowest BCUT2D eigenvalue weighted by atomic mass is 10.1. The molecule has 1 aromatic rings. The molecule has 1 fully saturated rings. The molecule has 0 spiro atoms.